The number of methoxy groups -OCH3 is 2. The fraction of sp³-hybridized carbons (Fsp3) is 0.375. The van der Waals surface area contributed by atoms with Crippen LogP contribution >= 0.6 is 0 Å². The molecule has 2 rings (SSSR count). The van der Waals surface area contributed by atoms with E-state index in [1.54, 1.807) is 0 Å². The predicted molar refractivity (Wildman–Crippen MR) is 113 cm³/mol. The van der Waals surface area contributed by atoms with Crippen molar-refractivity contribution in [3.8, 4) is 11.9 Å². The molecule has 2 atom stereocenters. The van der Waals surface area contributed by atoms with Gasteiger partial charge in [0, 0.05) is 11.8 Å². The van der Waals surface area contributed by atoms with Crippen LogP contribution in [0.2, 0.25) is 0 Å². The molecule has 35 heavy (non-hydrogen) atoms. The molecule has 2 aromatic rings. The summed E-state index contributed by atoms with van der Waals surface area (Å²) in [5.74, 6) is -0.160. The molecule has 184 valence electrons. The molecule has 0 bridgehead atoms. The first kappa shape index (κ1) is 34.3. The second kappa shape index (κ2) is 13.2. The zero-order valence-corrected chi connectivity index (χ0v) is 26.1. The minimum absolute atomic E-state index is 0. The zero-order valence-electron chi connectivity index (χ0n) is 19.7. The molecule has 19 heteroatoms. The topological polar surface area (TPSA) is 208 Å². The van der Waals surface area contributed by atoms with Crippen molar-refractivity contribution in [3.63, 3.8) is 0 Å². The Balaban J connectivity index is 0.00000578. The molecule has 1 aromatic heterocycles. The second-order valence-electron chi connectivity index (χ2n) is 6.47. The van der Waals surface area contributed by atoms with Crippen molar-refractivity contribution >= 4 is 41.8 Å². The van der Waals surface area contributed by atoms with Crippen molar-refractivity contribution in [1.82, 2.24) is 9.97 Å². The third-order valence-corrected chi connectivity index (χ3v) is 7.87. The Morgan fingerprint density at radius 1 is 0.857 bits per heavy atom. The van der Waals surface area contributed by atoms with Crippen molar-refractivity contribution in [2.24, 2.45) is 0 Å². The Hall–Kier alpha value is -0.730. The van der Waals surface area contributed by atoms with E-state index in [0.717, 1.165) is 38.1 Å². The van der Waals surface area contributed by atoms with E-state index >= 15 is 0 Å². The number of hydrogen-bond acceptors (Lipinski definition) is 13. The number of benzene rings is 1. The number of anilines is 2. The number of ether oxygens (including phenoxy) is 2. The Bertz CT molecular complexity index is 1260. The van der Waals surface area contributed by atoms with E-state index in [9.17, 15) is 34.4 Å². The Morgan fingerprint density at radius 2 is 1.34 bits per heavy atom. The van der Waals surface area contributed by atoms with E-state index in [2.05, 4.69) is 14.7 Å². The molecule has 0 radical (unpaired) electrons. The van der Waals surface area contributed by atoms with Gasteiger partial charge in [0.2, 0.25) is 5.88 Å². The Kier molecular flexibility index (Phi) is 12.9. The molecule has 1 aromatic carbocycles. The van der Waals surface area contributed by atoms with Gasteiger partial charge in [0.25, 0.3) is 10.0 Å². The van der Waals surface area contributed by atoms with Gasteiger partial charge in [-0.15, -0.1) is 0 Å². The van der Waals surface area contributed by atoms with Crippen molar-refractivity contribution in [2.45, 2.75) is 29.5 Å². The minimum atomic E-state index is -5.04. The molecular formula is C16H20N4Na2O10S3. The van der Waals surface area contributed by atoms with Gasteiger partial charge in [0.1, 0.15) is 31.0 Å². The summed E-state index contributed by atoms with van der Waals surface area (Å²) in [5.41, 5.74) is -0.182. The summed E-state index contributed by atoms with van der Waals surface area (Å²) in [6, 6.07) is 5.18. The molecule has 14 nitrogen and oxygen atoms in total. The number of rotatable bonds is 10. The van der Waals surface area contributed by atoms with Gasteiger partial charge in [0.15, 0.2) is 5.82 Å². The SMILES string of the molecule is COc1cc(NS(=O)(=O)c2ccc(N(C(C)S(=O)(=O)[O-])C(C)S(=O)(=O)[O-])cc2)nc(OC)n1.[Na+].[Na+]. The normalized spacial score (nSPS) is 13.4. The van der Waals surface area contributed by atoms with Gasteiger partial charge in [-0.3, -0.25) is 4.72 Å². The predicted octanol–water partition coefficient (Wildman–Crippen LogP) is -6.11. The summed E-state index contributed by atoms with van der Waals surface area (Å²) < 4.78 is 106. The van der Waals surface area contributed by atoms with Crippen LogP contribution in [-0.4, -0.2) is 69.3 Å². The summed E-state index contributed by atoms with van der Waals surface area (Å²) >= 11 is 0. The quantitative estimate of drug-likeness (QED) is 0.209. The third kappa shape index (κ3) is 8.96. The first-order chi connectivity index (χ1) is 15.1. The number of nitrogens with one attached hydrogen (secondary N) is 1. The van der Waals surface area contributed by atoms with Crippen LogP contribution in [0.15, 0.2) is 35.2 Å². The molecule has 0 aliphatic carbocycles. The van der Waals surface area contributed by atoms with Crippen LogP contribution in [0.5, 0.6) is 11.9 Å². The fourth-order valence-electron chi connectivity index (χ4n) is 2.64. The minimum Gasteiger partial charge on any atom is -0.746 e. The largest absolute Gasteiger partial charge is 1.00 e. The van der Waals surface area contributed by atoms with Crippen LogP contribution in [0, 0.1) is 0 Å². The first-order valence-electron chi connectivity index (χ1n) is 8.88. The molecule has 0 spiro atoms. The number of hydrogen-bond donors (Lipinski definition) is 1. The molecule has 0 amide bonds. The van der Waals surface area contributed by atoms with E-state index in [1.807, 2.05) is 0 Å². The van der Waals surface area contributed by atoms with E-state index in [0.29, 0.717) is 4.90 Å². The standard InChI is InChI=1S/C16H22N4O10S3.2Na/c1-10(32(23,24)25)20(11(2)33(26,27)28)12-5-7-13(8-6-12)31(21,22)19-14-9-15(29-3)18-16(17-14)30-4;;/h5-11H,1-4H3,(H,17,18,19)(H,23,24,25)(H,26,27,28);;/q;2*+1/p-2. The molecule has 0 fully saturated rings. The van der Waals surface area contributed by atoms with Gasteiger partial charge in [-0.05, 0) is 38.1 Å². The summed E-state index contributed by atoms with van der Waals surface area (Å²) in [5, 5.41) is -3.87. The Labute approximate surface area is 247 Å². The molecule has 0 saturated heterocycles. The van der Waals surface area contributed by atoms with Crippen molar-refractivity contribution in [1.29, 1.82) is 0 Å². The van der Waals surface area contributed by atoms with Crippen LogP contribution in [0.3, 0.4) is 0 Å². The maximum absolute atomic E-state index is 12.7. The van der Waals surface area contributed by atoms with Crippen molar-refractivity contribution in [3.05, 3.63) is 30.3 Å². The van der Waals surface area contributed by atoms with E-state index < -0.39 is 41.0 Å². The van der Waals surface area contributed by atoms with Gasteiger partial charge in [0.05, 0.1) is 19.1 Å². The number of sulfonamides is 1. The van der Waals surface area contributed by atoms with Gasteiger partial charge in [-0.25, -0.2) is 25.3 Å². The van der Waals surface area contributed by atoms with Crippen molar-refractivity contribution < 1.29 is 103 Å². The number of nitrogens with zero attached hydrogens (tertiary/aromatic N) is 3. The molecule has 0 aliphatic heterocycles. The van der Waals surface area contributed by atoms with Crippen LogP contribution in [-0.2, 0) is 30.3 Å². The van der Waals surface area contributed by atoms with E-state index in [1.165, 1.54) is 20.3 Å². The average Bonchev–Trinajstić information content (AvgIpc) is 2.72. The maximum atomic E-state index is 12.7. The molecule has 0 saturated carbocycles. The van der Waals surface area contributed by atoms with Gasteiger partial charge in [-0.2, -0.15) is 9.97 Å². The molecule has 0 aliphatic rings. The maximum Gasteiger partial charge on any atom is 1.00 e. The van der Waals surface area contributed by atoms with Crippen LogP contribution in [0.4, 0.5) is 11.5 Å². The Morgan fingerprint density at radius 3 is 1.74 bits per heavy atom. The summed E-state index contributed by atoms with van der Waals surface area (Å²) in [6.45, 7) is 1.82. The summed E-state index contributed by atoms with van der Waals surface area (Å²) in [7, 11) is -11.8. The molecule has 1 N–H and O–H groups in total. The zero-order chi connectivity index (χ0) is 25.2. The van der Waals surface area contributed by atoms with E-state index in [4.69, 9.17) is 9.47 Å². The van der Waals surface area contributed by atoms with Crippen molar-refractivity contribution in [2.75, 3.05) is 23.8 Å². The van der Waals surface area contributed by atoms with Crippen LogP contribution < -0.4 is 78.2 Å². The second-order valence-corrected chi connectivity index (χ2v) is 11.5. The first-order valence-corrected chi connectivity index (χ1v) is 13.3. The molecular weight excluding hydrogens is 550 g/mol. The van der Waals surface area contributed by atoms with Gasteiger partial charge >= 0.3 is 65.1 Å². The fourth-order valence-corrected chi connectivity index (χ4v) is 4.87. The van der Waals surface area contributed by atoms with Crippen LogP contribution in [0.25, 0.3) is 0 Å². The summed E-state index contributed by atoms with van der Waals surface area (Å²) in [4.78, 5) is 7.93. The number of aromatic nitrogens is 2. The van der Waals surface area contributed by atoms with Crippen LogP contribution in [0.1, 0.15) is 13.8 Å². The average molecular weight is 571 g/mol. The molecule has 2 unspecified atom stereocenters. The smallest absolute Gasteiger partial charge is 0.746 e. The summed E-state index contributed by atoms with van der Waals surface area (Å²) in [6.07, 6.45) is 0. The third-order valence-electron chi connectivity index (χ3n) is 4.38. The van der Waals surface area contributed by atoms with Gasteiger partial charge in [-0.1, -0.05) is 0 Å². The van der Waals surface area contributed by atoms with Gasteiger partial charge < -0.3 is 23.5 Å². The molecule has 1 heterocycles. The van der Waals surface area contributed by atoms with E-state index in [-0.39, 0.29) is 87.4 Å². The monoisotopic (exact) mass is 570 g/mol.